The van der Waals surface area contributed by atoms with Crippen LogP contribution in [-0.4, -0.2) is 31.4 Å². The molecular formula is C14H21NO2S. The van der Waals surface area contributed by atoms with E-state index in [1.807, 2.05) is 6.92 Å². The highest BCUT2D eigenvalue weighted by molar-refractivity contribution is 7.99. The third kappa shape index (κ3) is 4.35. The minimum atomic E-state index is -0.255. The normalized spacial score (nSPS) is 12.2. The van der Waals surface area contributed by atoms with Crippen molar-refractivity contribution in [1.82, 2.24) is 5.32 Å². The summed E-state index contributed by atoms with van der Waals surface area (Å²) in [4.78, 5) is 12.9. The van der Waals surface area contributed by atoms with E-state index in [9.17, 15) is 4.79 Å². The molecule has 1 unspecified atom stereocenters. The van der Waals surface area contributed by atoms with Gasteiger partial charge in [0.05, 0.1) is 6.61 Å². The van der Waals surface area contributed by atoms with Crippen LogP contribution >= 0.6 is 11.8 Å². The van der Waals surface area contributed by atoms with Crippen molar-refractivity contribution in [2.75, 3.05) is 19.4 Å². The maximum atomic E-state index is 11.6. The summed E-state index contributed by atoms with van der Waals surface area (Å²) in [6, 6.07) is 6.10. The number of ether oxygens (including phenoxy) is 1. The number of benzene rings is 1. The van der Waals surface area contributed by atoms with Crippen LogP contribution in [-0.2, 0) is 9.53 Å². The molecular weight excluding hydrogens is 246 g/mol. The molecule has 0 spiro atoms. The topological polar surface area (TPSA) is 38.3 Å². The van der Waals surface area contributed by atoms with E-state index in [0.29, 0.717) is 12.4 Å². The van der Waals surface area contributed by atoms with Crippen LogP contribution in [0.5, 0.6) is 0 Å². The predicted molar refractivity (Wildman–Crippen MR) is 76.1 cm³/mol. The zero-order chi connectivity index (χ0) is 13.5. The fraction of sp³-hybridized carbons (Fsp3) is 0.500. The van der Waals surface area contributed by atoms with Crippen molar-refractivity contribution >= 4 is 17.7 Å². The van der Waals surface area contributed by atoms with E-state index in [-0.39, 0.29) is 12.0 Å². The summed E-state index contributed by atoms with van der Waals surface area (Å²) in [7, 11) is 1.78. The average Bonchev–Trinajstić information content (AvgIpc) is 2.34. The number of rotatable bonds is 6. The lowest BCUT2D eigenvalue weighted by Crippen LogP contribution is -2.37. The number of aryl methyl sites for hydroxylation is 2. The Bertz CT molecular complexity index is 407. The molecule has 4 heteroatoms. The summed E-state index contributed by atoms with van der Waals surface area (Å²) >= 11 is 1.68. The molecule has 0 heterocycles. The van der Waals surface area contributed by atoms with Gasteiger partial charge in [-0.15, -0.1) is 11.8 Å². The van der Waals surface area contributed by atoms with Gasteiger partial charge in [0.15, 0.2) is 0 Å². The SMILES string of the molecule is CCOC(=O)C(CSc1cc(C)ccc1C)NC. The quantitative estimate of drug-likeness (QED) is 0.635. The Morgan fingerprint density at radius 2 is 2.17 bits per heavy atom. The Kier molecular flexibility index (Phi) is 6.22. The minimum Gasteiger partial charge on any atom is -0.465 e. The van der Waals surface area contributed by atoms with Gasteiger partial charge < -0.3 is 10.1 Å². The van der Waals surface area contributed by atoms with Gasteiger partial charge in [-0.1, -0.05) is 17.7 Å². The Morgan fingerprint density at radius 1 is 1.44 bits per heavy atom. The van der Waals surface area contributed by atoms with Crippen molar-refractivity contribution in [3.05, 3.63) is 29.3 Å². The highest BCUT2D eigenvalue weighted by atomic mass is 32.2. The molecule has 0 aromatic heterocycles. The summed E-state index contributed by atoms with van der Waals surface area (Å²) < 4.78 is 5.02. The second kappa shape index (κ2) is 7.44. The van der Waals surface area contributed by atoms with E-state index >= 15 is 0 Å². The smallest absolute Gasteiger partial charge is 0.323 e. The van der Waals surface area contributed by atoms with Crippen molar-refractivity contribution in [3.63, 3.8) is 0 Å². The van der Waals surface area contributed by atoms with Gasteiger partial charge in [-0.25, -0.2) is 0 Å². The number of carbonyl (C=O) groups excluding carboxylic acids is 1. The standard InChI is InChI=1S/C14H21NO2S/c1-5-17-14(16)12(15-4)9-18-13-8-10(2)6-7-11(13)3/h6-8,12,15H,5,9H2,1-4H3. The van der Waals surface area contributed by atoms with Crippen LogP contribution in [0.15, 0.2) is 23.1 Å². The summed E-state index contributed by atoms with van der Waals surface area (Å²) in [5.74, 6) is 0.498. The lowest BCUT2D eigenvalue weighted by atomic mass is 10.2. The van der Waals surface area contributed by atoms with Gasteiger partial charge >= 0.3 is 5.97 Å². The van der Waals surface area contributed by atoms with E-state index in [4.69, 9.17) is 4.74 Å². The van der Waals surface area contributed by atoms with Crippen LogP contribution in [0.4, 0.5) is 0 Å². The zero-order valence-electron chi connectivity index (χ0n) is 11.4. The molecule has 1 aromatic carbocycles. The van der Waals surface area contributed by atoms with Gasteiger partial charge in [0.2, 0.25) is 0 Å². The summed E-state index contributed by atoms with van der Waals surface area (Å²) in [6.07, 6.45) is 0. The van der Waals surface area contributed by atoms with E-state index in [0.717, 1.165) is 0 Å². The van der Waals surface area contributed by atoms with Gasteiger partial charge in [-0.05, 0) is 39.4 Å². The summed E-state index contributed by atoms with van der Waals surface area (Å²) in [5.41, 5.74) is 2.48. The van der Waals surface area contributed by atoms with Gasteiger partial charge in [0, 0.05) is 10.6 Å². The molecule has 1 N–H and O–H groups in total. The summed E-state index contributed by atoms with van der Waals surface area (Å²) in [5, 5.41) is 3.00. The number of hydrogen-bond acceptors (Lipinski definition) is 4. The molecule has 0 aliphatic carbocycles. The lowest BCUT2D eigenvalue weighted by Gasteiger charge is -2.15. The van der Waals surface area contributed by atoms with Crippen LogP contribution in [0.2, 0.25) is 0 Å². The third-order valence-electron chi connectivity index (χ3n) is 2.67. The molecule has 0 fully saturated rings. The third-order valence-corrected chi connectivity index (χ3v) is 3.92. The monoisotopic (exact) mass is 267 g/mol. The number of esters is 1. The molecule has 0 saturated heterocycles. The molecule has 0 saturated carbocycles. The average molecular weight is 267 g/mol. The molecule has 100 valence electrons. The molecule has 0 aliphatic rings. The first-order valence-corrected chi connectivity index (χ1v) is 7.11. The number of nitrogens with one attached hydrogen (secondary N) is 1. The number of thioether (sulfide) groups is 1. The number of hydrogen-bond donors (Lipinski definition) is 1. The molecule has 0 aliphatic heterocycles. The Balaban J connectivity index is 2.62. The largest absolute Gasteiger partial charge is 0.465 e. The van der Waals surface area contributed by atoms with Crippen molar-refractivity contribution < 1.29 is 9.53 Å². The van der Waals surface area contributed by atoms with Crippen LogP contribution in [0, 0.1) is 13.8 Å². The van der Waals surface area contributed by atoms with Gasteiger partial charge in [0.1, 0.15) is 6.04 Å². The maximum absolute atomic E-state index is 11.6. The van der Waals surface area contributed by atoms with Gasteiger partial charge in [-0.2, -0.15) is 0 Å². The highest BCUT2D eigenvalue weighted by Crippen LogP contribution is 2.24. The molecule has 1 aromatic rings. The highest BCUT2D eigenvalue weighted by Gasteiger charge is 2.17. The molecule has 1 rings (SSSR count). The zero-order valence-corrected chi connectivity index (χ0v) is 12.3. The molecule has 0 amide bonds. The first-order chi connectivity index (χ1) is 8.58. The molecule has 3 nitrogen and oxygen atoms in total. The molecule has 0 radical (unpaired) electrons. The maximum Gasteiger partial charge on any atom is 0.323 e. The Hall–Kier alpha value is -1.00. The van der Waals surface area contributed by atoms with Crippen LogP contribution in [0.1, 0.15) is 18.1 Å². The van der Waals surface area contributed by atoms with Crippen LogP contribution in [0.3, 0.4) is 0 Å². The first-order valence-electron chi connectivity index (χ1n) is 6.12. The van der Waals surface area contributed by atoms with Crippen molar-refractivity contribution in [2.24, 2.45) is 0 Å². The number of carbonyl (C=O) groups is 1. The molecule has 1 atom stereocenters. The Morgan fingerprint density at radius 3 is 2.78 bits per heavy atom. The lowest BCUT2D eigenvalue weighted by molar-refractivity contribution is -0.144. The van der Waals surface area contributed by atoms with Crippen LogP contribution in [0.25, 0.3) is 0 Å². The molecule has 0 bridgehead atoms. The first kappa shape index (κ1) is 15.1. The van der Waals surface area contributed by atoms with Gasteiger partial charge in [-0.3, -0.25) is 4.79 Å². The fourth-order valence-electron chi connectivity index (χ4n) is 1.55. The van der Waals surface area contributed by atoms with Gasteiger partial charge in [0.25, 0.3) is 0 Å². The predicted octanol–water partition coefficient (Wildman–Crippen LogP) is 2.55. The van der Waals surface area contributed by atoms with Crippen molar-refractivity contribution in [1.29, 1.82) is 0 Å². The van der Waals surface area contributed by atoms with E-state index in [1.165, 1.54) is 16.0 Å². The van der Waals surface area contributed by atoms with Crippen molar-refractivity contribution in [2.45, 2.75) is 31.7 Å². The molecule has 18 heavy (non-hydrogen) atoms. The van der Waals surface area contributed by atoms with E-state index in [1.54, 1.807) is 18.8 Å². The van der Waals surface area contributed by atoms with E-state index < -0.39 is 0 Å². The second-order valence-electron chi connectivity index (χ2n) is 4.17. The number of likely N-dealkylation sites (N-methyl/N-ethyl adjacent to an activating group) is 1. The summed E-state index contributed by atoms with van der Waals surface area (Å²) in [6.45, 7) is 6.40. The van der Waals surface area contributed by atoms with Crippen molar-refractivity contribution in [3.8, 4) is 0 Å². The Labute approximate surface area is 113 Å². The van der Waals surface area contributed by atoms with Crippen LogP contribution < -0.4 is 5.32 Å². The minimum absolute atomic E-state index is 0.183. The fourth-order valence-corrected chi connectivity index (χ4v) is 2.76. The van der Waals surface area contributed by atoms with E-state index in [2.05, 4.69) is 37.4 Å². The second-order valence-corrected chi connectivity index (χ2v) is 5.24.